The van der Waals surface area contributed by atoms with E-state index >= 15 is 0 Å². The average molecular weight is 313 g/mol. The normalized spacial score (nSPS) is 12.2. The molecule has 0 radical (unpaired) electrons. The summed E-state index contributed by atoms with van der Waals surface area (Å²) in [7, 11) is 0. The molecule has 0 saturated heterocycles. The van der Waals surface area contributed by atoms with Gasteiger partial charge in [0.05, 0.1) is 5.25 Å². The monoisotopic (exact) mass is 312 g/mol. The highest BCUT2D eigenvalue weighted by Gasteiger charge is 2.15. The van der Waals surface area contributed by atoms with Crippen LogP contribution in [0.4, 0.5) is 5.13 Å². The molecule has 0 saturated carbocycles. The number of hydrogen-bond acceptors (Lipinski definition) is 4. The van der Waals surface area contributed by atoms with E-state index in [1.54, 1.807) is 6.20 Å². The van der Waals surface area contributed by atoms with Crippen molar-refractivity contribution in [3.63, 3.8) is 0 Å². The predicted octanol–water partition coefficient (Wildman–Crippen LogP) is 4.22. The van der Waals surface area contributed by atoms with Crippen LogP contribution in [0, 0.1) is 6.92 Å². The number of hydrogen-bond donors (Lipinski definition) is 1. The zero-order chi connectivity index (χ0) is 13.8. The third-order valence-corrected chi connectivity index (χ3v) is 4.54. The third kappa shape index (κ3) is 4.23. The summed E-state index contributed by atoms with van der Waals surface area (Å²) in [6, 6.07) is 7.45. The first-order valence-electron chi connectivity index (χ1n) is 5.70. The SMILES string of the molecule is Cc1cnc(NC(=O)[C@@H](C)Sc2ccc(Cl)cc2)s1. The van der Waals surface area contributed by atoms with Crippen LogP contribution < -0.4 is 5.32 Å². The van der Waals surface area contributed by atoms with Crippen molar-refractivity contribution in [1.82, 2.24) is 4.98 Å². The van der Waals surface area contributed by atoms with Gasteiger partial charge in [-0.2, -0.15) is 0 Å². The van der Waals surface area contributed by atoms with E-state index in [1.807, 2.05) is 38.1 Å². The minimum absolute atomic E-state index is 0.0469. The van der Waals surface area contributed by atoms with Crippen molar-refractivity contribution in [3.8, 4) is 0 Å². The number of carbonyl (C=O) groups is 1. The van der Waals surface area contributed by atoms with Crippen LogP contribution in [0.3, 0.4) is 0 Å². The fraction of sp³-hybridized carbons (Fsp3) is 0.231. The Morgan fingerprint density at radius 3 is 2.68 bits per heavy atom. The Balaban J connectivity index is 1.94. The van der Waals surface area contributed by atoms with Gasteiger partial charge in [-0.05, 0) is 38.1 Å². The van der Waals surface area contributed by atoms with E-state index in [-0.39, 0.29) is 11.2 Å². The lowest BCUT2D eigenvalue weighted by Gasteiger charge is -2.10. The zero-order valence-corrected chi connectivity index (χ0v) is 12.9. The first-order chi connectivity index (χ1) is 9.04. The van der Waals surface area contributed by atoms with Gasteiger partial charge in [0.1, 0.15) is 0 Å². The Morgan fingerprint density at radius 2 is 2.11 bits per heavy atom. The van der Waals surface area contributed by atoms with E-state index in [2.05, 4.69) is 10.3 Å². The van der Waals surface area contributed by atoms with Gasteiger partial charge in [-0.25, -0.2) is 4.98 Å². The second kappa shape index (κ2) is 6.41. The van der Waals surface area contributed by atoms with Gasteiger partial charge in [0.15, 0.2) is 5.13 Å². The second-order valence-electron chi connectivity index (χ2n) is 3.98. The Morgan fingerprint density at radius 1 is 1.42 bits per heavy atom. The summed E-state index contributed by atoms with van der Waals surface area (Å²) in [6.07, 6.45) is 1.75. The molecule has 1 amide bonds. The molecule has 0 aliphatic heterocycles. The van der Waals surface area contributed by atoms with E-state index in [9.17, 15) is 4.79 Å². The number of aryl methyl sites for hydroxylation is 1. The van der Waals surface area contributed by atoms with Crippen LogP contribution in [0.15, 0.2) is 35.4 Å². The number of anilines is 1. The Labute approximate surface area is 125 Å². The van der Waals surface area contributed by atoms with Crippen LogP contribution in [-0.4, -0.2) is 16.1 Å². The quantitative estimate of drug-likeness (QED) is 0.859. The molecule has 1 N–H and O–H groups in total. The van der Waals surface area contributed by atoms with E-state index in [0.717, 1.165) is 9.77 Å². The molecule has 0 fully saturated rings. The van der Waals surface area contributed by atoms with Crippen LogP contribution >= 0.6 is 34.7 Å². The van der Waals surface area contributed by atoms with Crippen LogP contribution in [0.5, 0.6) is 0 Å². The van der Waals surface area contributed by atoms with Crippen LogP contribution in [0.25, 0.3) is 0 Å². The maximum Gasteiger partial charge on any atom is 0.239 e. The van der Waals surface area contributed by atoms with E-state index < -0.39 is 0 Å². The van der Waals surface area contributed by atoms with E-state index in [4.69, 9.17) is 11.6 Å². The lowest BCUT2D eigenvalue weighted by Crippen LogP contribution is -2.22. The van der Waals surface area contributed by atoms with Crippen molar-refractivity contribution >= 4 is 45.7 Å². The maximum absolute atomic E-state index is 12.0. The molecule has 6 heteroatoms. The highest BCUT2D eigenvalue weighted by molar-refractivity contribution is 8.00. The fourth-order valence-electron chi connectivity index (χ4n) is 1.39. The lowest BCUT2D eigenvalue weighted by molar-refractivity contribution is -0.115. The second-order valence-corrected chi connectivity index (χ2v) is 7.06. The number of nitrogens with zero attached hydrogens (tertiary/aromatic N) is 1. The van der Waals surface area contributed by atoms with Crippen molar-refractivity contribution in [1.29, 1.82) is 0 Å². The van der Waals surface area contributed by atoms with Crippen molar-refractivity contribution in [2.24, 2.45) is 0 Å². The molecule has 0 unspecified atom stereocenters. The molecule has 0 aliphatic carbocycles. The molecule has 1 atom stereocenters. The average Bonchev–Trinajstić information content (AvgIpc) is 2.77. The highest BCUT2D eigenvalue weighted by Crippen LogP contribution is 2.26. The Hall–Kier alpha value is -1.04. The molecule has 0 spiro atoms. The number of benzene rings is 1. The summed E-state index contributed by atoms with van der Waals surface area (Å²) in [6.45, 7) is 3.83. The number of nitrogens with one attached hydrogen (secondary N) is 1. The summed E-state index contributed by atoms with van der Waals surface area (Å²) >= 11 is 8.79. The third-order valence-electron chi connectivity index (χ3n) is 2.35. The molecule has 0 aliphatic rings. The minimum atomic E-state index is -0.189. The number of amides is 1. The Kier molecular flexibility index (Phi) is 4.85. The molecule has 100 valence electrons. The number of thiazole rings is 1. The molecule has 1 aromatic heterocycles. The smallest absolute Gasteiger partial charge is 0.239 e. The Bertz CT molecular complexity index is 568. The van der Waals surface area contributed by atoms with Crippen LogP contribution in [0.1, 0.15) is 11.8 Å². The fourth-order valence-corrected chi connectivity index (χ4v) is 3.05. The molecular weight excluding hydrogens is 300 g/mol. The standard InChI is InChI=1S/C13H13ClN2OS2/c1-8-7-15-13(18-8)16-12(17)9(2)19-11-5-3-10(14)4-6-11/h3-7,9H,1-2H3,(H,15,16,17)/t9-/m1/s1. The molecule has 1 heterocycles. The van der Waals surface area contributed by atoms with Gasteiger partial charge in [-0.3, -0.25) is 4.79 Å². The molecular formula is C13H13ClN2OS2. The summed E-state index contributed by atoms with van der Waals surface area (Å²) in [4.78, 5) is 18.2. The van der Waals surface area contributed by atoms with Crippen LogP contribution in [0.2, 0.25) is 5.02 Å². The van der Waals surface area contributed by atoms with Crippen molar-refractivity contribution in [3.05, 3.63) is 40.4 Å². The van der Waals surface area contributed by atoms with Crippen LogP contribution in [-0.2, 0) is 4.79 Å². The van der Waals surface area contributed by atoms with Gasteiger partial charge >= 0.3 is 0 Å². The zero-order valence-electron chi connectivity index (χ0n) is 10.5. The highest BCUT2D eigenvalue weighted by atomic mass is 35.5. The summed E-state index contributed by atoms with van der Waals surface area (Å²) in [5, 5.41) is 3.96. The molecule has 2 rings (SSSR count). The van der Waals surface area contributed by atoms with Gasteiger partial charge in [-0.15, -0.1) is 23.1 Å². The van der Waals surface area contributed by atoms with Gasteiger partial charge < -0.3 is 5.32 Å². The predicted molar refractivity (Wildman–Crippen MR) is 82.3 cm³/mol. The summed E-state index contributed by atoms with van der Waals surface area (Å²) in [5.74, 6) is -0.0469. The number of halogens is 1. The van der Waals surface area contributed by atoms with Gasteiger partial charge in [0, 0.05) is 21.0 Å². The largest absolute Gasteiger partial charge is 0.301 e. The summed E-state index contributed by atoms with van der Waals surface area (Å²) in [5.41, 5.74) is 0. The molecule has 1 aromatic carbocycles. The molecule has 2 aromatic rings. The van der Waals surface area contributed by atoms with E-state index in [0.29, 0.717) is 10.2 Å². The van der Waals surface area contributed by atoms with Gasteiger partial charge in [-0.1, -0.05) is 11.6 Å². The number of rotatable bonds is 4. The first kappa shape index (κ1) is 14.4. The van der Waals surface area contributed by atoms with E-state index in [1.165, 1.54) is 23.1 Å². The molecule has 19 heavy (non-hydrogen) atoms. The molecule has 0 bridgehead atoms. The first-order valence-corrected chi connectivity index (χ1v) is 7.77. The van der Waals surface area contributed by atoms with Crippen molar-refractivity contribution in [2.75, 3.05) is 5.32 Å². The van der Waals surface area contributed by atoms with Gasteiger partial charge in [0.25, 0.3) is 0 Å². The number of aromatic nitrogens is 1. The number of carbonyl (C=O) groups excluding carboxylic acids is 1. The lowest BCUT2D eigenvalue weighted by atomic mass is 10.4. The van der Waals surface area contributed by atoms with Gasteiger partial charge in [0.2, 0.25) is 5.91 Å². The molecule has 3 nitrogen and oxygen atoms in total. The van der Waals surface area contributed by atoms with Crippen molar-refractivity contribution in [2.45, 2.75) is 24.0 Å². The number of thioether (sulfide) groups is 1. The minimum Gasteiger partial charge on any atom is -0.301 e. The summed E-state index contributed by atoms with van der Waals surface area (Å²) < 4.78 is 0. The maximum atomic E-state index is 12.0. The topological polar surface area (TPSA) is 42.0 Å². The van der Waals surface area contributed by atoms with Crippen molar-refractivity contribution < 1.29 is 4.79 Å².